The molecule has 0 bridgehead atoms. The lowest BCUT2D eigenvalue weighted by atomic mass is 10.3. The van der Waals surface area contributed by atoms with Crippen molar-refractivity contribution in [2.45, 2.75) is 12.1 Å². The van der Waals surface area contributed by atoms with E-state index in [0.29, 0.717) is 16.6 Å². The molecule has 5 nitrogen and oxygen atoms in total. The molecule has 2 aromatic rings. The number of aryl methyl sites for hydroxylation is 1. The van der Waals surface area contributed by atoms with Crippen molar-refractivity contribution in [2.24, 2.45) is 0 Å². The minimum atomic E-state index is -0.217. The van der Waals surface area contributed by atoms with Crippen LogP contribution in [0.3, 0.4) is 0 Å². The number of furan rings is 1. The van der Waals surface area contributed by atoms with Crippen molar-refractivity contribution in [1.82, 2.24) is 9.97 Å². The Kier molecular flexibility index (Phi) is 3.43. The highest BCUT2D eigenvalue weighted by Gasteiger charge is 2.10. The number of thioether (sulfide) groups is 1. The third-order valence-electron chi connectivity index (χ3n) is 1.98. The fourth-order valence-corrected chi connectivity index (χ4v) is 2.05. The molecule has 17 heavy (non-hydrogen) atoms. The van der Waals surface area contributed by atoms with Gasteiger partial charge in [0.25, 0.3) is 5.56 Å². The van der Waals surface area contributed by atoms with Gasteiger partial charge in [0.15, 0.2) is 10.9 Å². The first-order valence-corrected chi connectivity index (χ1v) is 5.91. The van der Waals surface area contributed by atoms with Crippen LogP contribution in [0, 0.1) is 6.92 Å². The zero-order valence-electron chi connectivity index (χ0n) is 9.10. The molecule has 0 radical (unpaired) electrons. The topological polar surface area (TPSA) is 76.0 Å². The summed E-state index contributed by atoms with van der Waals surface area (Å²) in [6.07, 6.45) is 1.45. The number of nitrogens with one attached hydrogen (secondary N) is 1. The molecule has 0 spiro atoms. The predicted octanol–water partition coefficient (Wildman–Crippen LogP) is 1.65. The van der Waals surface area contributed by atoms with Crippen LogP contribution in [0.4, 0.5) is 0 Å². The van der Waals surface area contributed by atoms with E-state index in [2.05, 4.69) is 9.97 Å². The molecular formula is C11H10N2O3S. The first-order chi connectivity index (χ1) is 8.15. The second kappa shape index (κ2) is 5.01. The molecule has 0 aliphatic heterocycles. The molecule has 2 heterocycles. The summed E-state index contributed by atoms with van der Waals surface area (Å²) in [6.45, 7) is 1.73. The highest BCUT2D eigenvalue weighted by Crippen LogP contribution is 2.14. The maximum atomic E-state index is 11.6. The number of nitrogens with zero attached hydrogens (tertiary/aromatic N) is 1. The van der Waals surface area contributed by atoms with Crippen molar-refractivity contribution in [2.75, 3.05) is 5.75 Å². The molecular weight excluding hydrogens is 240 g/mol. The van der Waals surface area contributed by atoms with Gasteiger partial charge in [-0.15, -0.1) is 0 Å². The van der Waals surface area contributed by atoms with E-state index >= 15 is 0 Å². The van der Waals surface area contributed by atoms with Crippen molar-refractivity contribution in [3.63, 3.8) is 0 Å². The molecule has 2 aromatic heterocycles. The zero-order valence-corrected chi connectivity index (χ0v) is 9.91. The van der Waals surface area contributed by atoms with Gasteiger partial charge in [0, 0.05) is 11.8 Å². The summed E-state index contributed by atoms with van der Waals surface area (Å²) in [6, 6.07) is 4.67. The largest absolute Gasteiger partial charge is 0.461 e. The number of ketones is 1. The lowest BCUT2D eigenvalue weighted by Crippen LogP contribution is -2.09. The smallest absolute Gasteiger partial charge is 0.251 e. The number of carbonyl (C=O) groups excluding carboxylic acids is 1. The van der Waals surface area contributed by atoms with E-state index in [0.717, 1.165) is 0 Å². The second-order valence-electron chi connectivity index (χ2n) is 3.38. The van der Waals surface area contributed by atoms with Gasteiger partial charge in [-0.05, 0) is 19.1 Å². The highest BCUT2D eigenvalue weighted by atomic mass is 32.2. The number of Topliss-reactive ketones (excluding diaryl/α,β-unsaturated/α-hetero) is 1. The molecule has 0 amide bonds. The summed E-state index contributed by atoms with van der Waals surface area (Å²) < 4.78 is 4.98. The molecule has 88 valence electrons. The Hall–Kier alpha value is -1.82. The van der Waals surface area contributed by atoms with Crippen molar-refractivity contribution < 1.29 is 9.21 Å². The van der Waals surface area contributed by atoms with Gasteiger partial charge >= 0.3 is 0 Å². The van der Waals surface area contributed by atoms with Crippen LogP contribution in [0.25, 0.3) is 0 Å². The van der Waals surface area contributed by atoms with Crippen molar-refractivity contribution in [3.8, 4) is 0 Å². The fraction of sp³-hybridized carbons (Fsp3) is 0.182. The van der Waals surface area contributed by atoms with Gasteiger partial charge in [-0.3, -0.25) is 9.59 Å². The SMILES string of the molecule is Cc1cc(=O)[nH]c(SCC(=O)c2ccco2)n1. The van der Waals surface area contributed by atoms with E-state index in [1.165, 1.54) is 24.1 Å². The molecule has 0 aliphatic carbocycles. The number of rotatable bonds is 4. The van der Waals surface area contributed by atoms with Crippen LogP contribution in [0.2, 0.25) is 0 Å². The Bertz CT molecular complexity index is 575. The second-order valence-corrected chi connectivity index (χ2v) is 4.35. The molecule has 0 aliphatic rings. The average Bonchev–Trinajstić information content (AvgIpc) is 2.78. The van der Waals surface area contributed by atoms with Crippen LogP contribution in [0.1, 0.15) is 16.2 Å². The fourth-order valence-electron chi connectivity index (χ4n) is 1.26. The molecule has 0 aromatic carbocycles. The van der Waals surface area contributed by atoms with Crippen molar-refractivity contribution in [3.05, 3.63) is 46.3 Å². The van der Waals surface area contributed by atoms with Crippen molar-refractivity contribution >= 4 is 17.5 Å². The molecule has 0 unspecified atom stereocenters. The summed E-state index contributed by atoms with van der Waals surface area (Å²) in [5, 5.41) is 0.440. The summed E-state index contributed by atoms with van der Waals surface area (Å²) in [7, 11) is 0. The normalized spacial score (nSPS) is 10.4. The van der Waals surface area contributed by atoms with Crippen molar-refractivity contribution in [1.29, 1.82) is 0 Å². The summed E-state index contributed by atoms with van der Waals surface area (Å²) in [5.41, 5.74) is 0.409. The third kappa shape index (κ3) is 3.07. The molecule has 6 heteroatoms. The Labute approximate surface area is 101 Å². The minimum Gasteiger partial charge on any atom is -0.461 e. The van der Waals surface area contributed by atoms with E-state index < -0.39 is 0 Å². The quantitative estimate of drug-likeness (QED) is 0.507. The average molecular weight is 250 g/mol. The Morgan fingerprint density at radius 3 is 3.06 bits per heavy atom. The van der Waals surface area contributed by atoms with E-state index in [4.69, 9.17) is 4.42 Å². The Balaban J connectivity index is 2.03. The number of aromatic amines is 1. The lowest BCUT2D eigenvalue weighted by molar-refractivity contribution is 0.0992. The number of hydrogen-bond donors (Lipinski definition) is 1. The monoisotopic (exact) mass is 250 g/mol. The standard InChI is InChI=1S/C11H10N2O3S/c1-7-5-10(15)13-11(12-7)17-6-8(14)9-3-2-4-16-9/h2-5H,6H2,1H3,(H,12,13,15). The first kappa shape index (κ1) is 11.7. The molecule has 0 saturated heterocycles. The van der Waals surface area contributed by atoms with Gasteiger partial charge in [0.2, 0.25) is 5.78 Å². The van der Waals surface area contributed by atoms with Crippen LogP contribution in [-0.4, -0.2) is 21.5 Å². The predicted molar refractivity (Wildman–Crippen MR) is 63.4 cm³/mol. The number of H-pyrrole nitrogens is 1. The van der Waals surface area contributed by atoms with E-state index in [9.17, 15) is 9.59 Å². The van der Waals surface area contributed by atoms with Gasteiger partial charge in [0.05, 0.1) is 12.0 Å². The number of carbonyl (C=O) groups is 1. The van der Waals surface area contributed by atoms with Gasteiger partial charge in [0.1, 0.15) is 0 Å². The summed E-state index contributed by atoms with van der Waals surface area (Å²) >= 11 is 1.18. The highest BCUT2D eigenvalue weighted by molar-refractivity contribution is 7.99. The minimum absolute atomic E-state index is 0.135. The van der Waals surface area contributed by atoms with Crippen LogP contribution < -0.4 is 5.56 Å². The maximum absolute atomic E-state index is 11.6. The summed E-state index contributed by atoms with van der Waals surface area (Å²) in [5.74, 6) is 0.358. The van der Waals surface area contributed by atoms with E-state index in [1.54, 1.807) is 19.1 Å². The van der Waals surface area contributed by atoms with Gasteiger partial charge in [-0.25, -0.2) is 4.98 Å². The van der Waals surface area contributed by atoms with E-state index in [1.807, 2.05) is 0 Å². The molecule has 0 atom stereocenters. The van der Waals surface area contributed by atoms with Crippen LogP contribution in [-0.2, 0) is 0 Å². The van der Waals surface area contributed by atoms with Crippen LogP contribution >= 0.6 is 11.8 Å². The third-order valence-corrected chi connectivity index (χ3v) is 2.86. The van der Waals surface area contributed by atoms with Gasteiger partial charge < -0.3 is 9.40 Å². The molecule has 0 fully saturated rings. The van der Waals surface area contributed by atoms with Crippen LogP contribution in [0.5, 0.6) is 0 Å². The maximum Gasteiger partial charge on any atom is 0.251 e. The van der Waals surface area contributed by atoms with Gasteiger partial charge in [-0.2, -0.15) is 0 Å². The van der Waals surface area contributed by atoms with E-state index in [-0.39, 0.29) is 17.1 Å². The lowest BCUT2D eigenvalue weighted by Gasteiger charge is -1.99. The molecule has 1 N–H and O–H groups in total. The Morgan fingerprint density at radius 2 is 2.41 bits per heavy atom. The van der Waals surface area contributed by atoms with Crippen LogP contribution in [0.15, 0.2) is 38.8 Å². The number of hydrogen-bond acceptors (Lipinski definition) is 5. The molecule has 0 saturated carbocycles. The summed E-state index contributed by atoms with van der Waals surface area (Å²) in [4.78, 5) is 29.5. The zero-order chi connectivity index (χ0) is 12.3. The Morgan fingerprint density at radius 1 is 1.59 bits per heavy atom. The molecule has 2 rings (SSSR count). The number of aromatic nitrogens is 2. The first-order valence-electron chi connectivity index (χ1n) is 4.92. The van der Waals surface area contributed by atoms with Gasteiger partial charge in [-0.1, -0.05) is 11.8 Å².